The third kappa shape index (κ3) is 1.94. The number of β-amino-alcohol motifs (C(OH)–C–C–N with tert-alkyl or cyclic N) is 1. The summed E-state index contributed by atoms with van der Waals surface area (Å²) in [6.45, 7) is 1.15. The van der Waals surface area contributed by atoms with Crippen LogP contribution in [-0.4, -0.2) is 46.7 Å². The SMILES string of the molecule is COC(=O)c1cc(CC2(O)CNC2)n(C)n1. The molecule has 0 spiro atoms. The van der Waals surface area contributed by atoms with Gasteiger partial charge in [-0.05, 0) is 6.07 Å². The molecule has 0 atom stereocenters. The Kier molecular flexibility index (Phi) is 2.69. The zero-order valence-electron chi connectivity index (χ0n) is 9.36. The number of rotatable bonds is 3. The first kappa shape index (κ1) is 11.1. The number of esters is 1. The number of ether oxygens (including phenoxy) is 1. The molecule has 88 valence electrons. The van der Waals surface area contributed by atoms with E-state index in [0.29, 0.717) is 19.5 Å². The van der Waals surface area contributed by atoms with Crippen molar-refractivity contribution < 1.29 is 14.6 Å². The molecule has 2 N–H and O–H groups in total. The number of nitrogens with zero attached hydrogens (tertiary/aromatic N) is 2. The molecule has 0 bridgehead atoms. The lowest BCUT2D eigenvalue weighted by Gasteiger charge is -2.37. The summed E-state index contributed by atoms with van der Waals surface area (Å²) in [6.07, 6.45) is 0.487. The van der Waals surface area contributed by atoms with Crippen LogP contribution in [0.15, 0.2) is 6.07 Å². The monoisotopic (exact) mass is 225 g/mol. The lowest BCUT2D eigenvalue weighted by atomic mass is 9.91. The van der Waals surface area contributed by atoms with E-state index in [1.54, 1.807) is 17.8 Å². The van der Waals surface area contributed by atoms with Gasteiger partial charge in [0.2, 0.25) is 0 Å². The third-order valence-electron chi connectivity index (χ3n) is 2.79. The minimum Gasteiger partial charge on any atom is -0.464 e. The van der Waals surface area contributed by atoms with Crippen LogP contribution in [0.1, 0.15) is 16.2 Å². The minimum atomic E-state index is -0.707. The fraction of sp³-hybridized carbons (Fsp3) is 0.600. The predicted molar refractivity (Wildman–Crippen MR) is 56.1 cm³/mol. The van der Waals surface area contributed by atoms with E-state index in [9.17, 15) is 9.90 Å². The maximum Gasteiger partial charge on any atom is 0.358 e. The highest BCUT2D eigenvalue weighted by molar-refractivity contribution is 5.87. The van der Waals surface area contributed by atoms with Crippen molar-refractivity contribution in [3.63, 3.8) is 0 Å². The van der Waals surface area contributed by atoms with Gasteiger partial charge in [0.05, 0.1) is 12.7 Å². The average Bonchev–Trinajstić information content (AvgIpc) is 2.57. The highest BCUT2D eigenvalue weighted by atomic mass is 16.5. The number of methoxy groups -OCH3 is 1. The number of carbonyl (C=O) groups is 1. The Hall–Kier alpha value is -1.40. The zero-order valence-corrected chi connectivity index (χ0v) is 9.36. The standard InChI is InChI=1S/C10H15N3O3/c1-13-7(4-10(15)5-11-6-10)3-8(12-13)9(14)16-2/h3,11,15H,4-6H2,1-2H3. The van der Waals surface area contributed by atoms with Crippen LogP contribution in [0.4, 0.5) is 0 Å². The fourth-order valence-electron chi connectivity index (χ4n) is 1.75. The van der Waals surface area contributed by atoms with E-state index in [4.69, 9.17) is 0 Å². The van der Waals surface area contributed by atoms with Crippen LogP contribution < -0.4 is 5.32 Å². The quantitative estimate of drug-likeness (QED) is 0.651. The van der Waals surface area contributed by atoms with Crippen molar-refractivity contribution in [1.82, 2.24) is 15.1 Å². The number of hydrogen-bond donors (Lipinski definition) is 2. The fourth-order valence-corrected chi connectivity index (χ4v) is 1.75. The molecule has 1 aromatic rings. The van der Waals surface area contributed by atoms with Crippen molar-refractivity contribution in [2.45, 2.75) is 12.0 Å². The highest BCUT2D eigenvalue weighted by Crippen LogP contribution is 2.18. The summed E-state index contributed by atoms with van der Waals surface area (Å²) < 4.78 is 6.19. The number of aliphatic hydroxyl groups is 1. The van der Waals surface area contributed by atoms with Gasteiger partial charge in [-0.15, -0.1) is 0 Å². The van der Waals surface area contributed by atoms with E-state index < -0.39 is 11.6 Å². The van der Waals surface area contributed by atoms with Crippen LogP contribution in [0, 0.1) is 0 Å². The molecule has 0 saturated carbocycles. The Balaban J connectivity index is 2.15. The molecular formula is C10H15N3O3. The maximum atomic E-state index is 11.3. The smallest absolute Gasteiger partial charge is 0.358 e. The van der Waals surface area contributed by atoms with Crippen LogP contribution in [0.2, 0.25) is 0 Å². The van der Waals surface area contributed by atoms with Crippen molar-refractivity contribution in [1.29, 1.82) is 0 Å². The molecule has 0 amide bonds. The Bertz CT molecular complexity index is 409. The summed E-state index contributed by atoms with van der Waals surface area (Å²) in [5.74, 6) is -0.458. The number of aromatic nitrogens is 2. The lowest BCUT2D eigenvalue weighted by molar-refractivity contribution is -0.0105. The summed E-state index contributed by atoms with van der Waals surface area (Å²) in [6, 6.07) is 1.65. The van der Waals surface area contributed by atoms with E-state index >= 15 is 0 Å². The summed E-state index contributed by atoms with van der Waals surface area (Å²) in [7, 11) is 3.07. The number of hydrogen-bond acceptors (Lipinski definition) is 5. The third-order valence-corrected chi connectivity index (χ3v) is 2.79. The molecule has 0 aromatic carbocycles. The van der Waals surface area contributed by atoms with Crippen LogP contribution >= 0.6 is 0 Å². The molecule has 1 aromatic heterocycles. The molecular weight excluding hydrogens is 210 g/mol. The van der Waals surface area contributed by atoms with Gasteiger partial charge in [-0.25, -0.2) is 4.79 Å². The first-order valence-corrected chi connectivity index (χ1v) is 5.08. The van der Waals surface area contributed by atoms with Crippen molar-refractivity contribution in [3.8, 4) is 0 Å². The van der Waals surface area contributed by atoms with Crippen molar-refractivity contribution in [2.24, 2.45) is 7.05 Å². The topological polar surface area (TPSA) is 76.4 Å². The molecule has 1 saturated heterocycles. The van der Waals surface area contributed by atoms with Gasteiger partial charge in [-0.1, -0.05) is 0 Å². The van der Waals surface area contributed by atoms with Gasteiger partial charge in [0.15, 0.2) is 5.69 Å². The summed E-state index contributed by atoms with van der Waals surface area (Å²) >= 11 is 0. The molecule has 1 aliphatic heterocycles. The van der Waals surface area contributed by atoms with Crippen LogP contribution in [0.25, 0.3) is 0 Å². The second-order valence-corrected chi connectivity index (χ2v) is 4.14. The van der Waals surface area contributed by atoms with E-state index in [2.05, 4.69) is 15.2 Å². The zero-order chi connectivity index (χ0) is 11.8. The molecule has 2 rings (SSSR count). The van der Waals surface area contributed by atoms with Gasteiger partial charge in [-0.3, -0.25) is 4.68 Å². The maximum absolute atomic E-state index is 11.3. The van der Waals surface area contributed by atoms with Gasteiger partial charge in [0.25, 0.3) is 0 Å². The predicted octanol–water partition coefficient (Wildman–Crippen LogP) is -0.917. The minimum absolute atomic E-state index is 0.274. The molecule has 1 fully saturated rings. The van der Waals surface area contributed by atoms with E-state index in [0.717, 1.165) is 5.69 Å². The highest BCUT2D eigenvalue weighted by Gasteiger charge is 2.35. The molecule has 2 heterocycles. The van der Waals surface area contributed by atoms with Gasteiger partial charge >= 0.3 is 5.97 Å². The average molecular weight is 225 g/mol. The first-order valence-electron chi connectivity index (χ1n) is 5.08. The second kappa shape index (κ2) is 3.88. The largest absolute Gasteiger partial charge is 0.464 e. The summed E-state index contributed by atoms with van der Waals surface area (Å²) in [5.41, 5.74) is 0.390. The number of aryl methyl sites for hydroxylation is 1. The number of nitrogens with one attached hydrogen (secondary N) is 1. The van der Waals surface area contributed by atoms with Crippen LogP contribution in [0.5, 0.6) is 0 Å². The lowest BCUT2D eigenvalue weighted by Crippen LogP contribution is -2.60. The van der Waals surface area contributed by atoms with E-state index in [1.807, 2.05) is 0 Å². The Morgan fingerprint density at radius 3 is 2.94 bits per heavy atom. The Labute approximate surface area is 93.2 Å². The number of carbonyl (C=O) groups excluding carboxylic acids is 1. The molecule has 0 aliphatic carbocycles. The molecule has 6 nitrogen and oxygen atoms in total. The van der Waals surface area contributed by atoms with Gasteiger partial charge in [0, 0.05) is 32.3 Å². The van der Waals surface area contributed by atoms with Crippen LogP contribution in [-0.2, 0) is 18.2 Å². The van der Waals surface area contributed by atoms with E-state index in [1.165, 1.54) is 7.11 Å². The van der Waals surface area contributed by atoms with Crippen molar-refractivity contribution >= 4 is 5.97 Å². The Morgan fingerprint density at radius 2 is 2.44 bits per heavy atom. The van der Waals surface area contributed by atoms with Gasteiger partial charge in [-0.2, -0.15) is 5.10 Å². The van der Waals surface area contributed by atoms with Crippen molar-refractivity contribution in [3.05, 3.63) is 17.5 Å². The normalized spacial score (nSPS) is 17.9. The van der Waals surface area contributed by atoms with Gasteiger partial charge < -0.3 is 15.2 Å². The summed E-state index contributed by atoms with van der Waals surface area (Å²) in [4.78, 5) is 11.3. The molecule has 0 unspecified atom stereocenters. The second-order valence-electron chi connectivity index (χ2n) is 4.14. The summed E-state index contributed by atoms with van der Waals surface area (Å²) in [5, 5.41) is 17.0. The van der Waals surface area contributed by atoms with Crippen LogP contribution in [0.3, 0.4) is 0 Å². The van der Waals surface area contributed by atoms with E-state index in [-0.39, 0.29) is 5.69 Å². The van der Waals surface area contributed by atoms with Crippen molar-refractivity contribution in [2.75, 3.05) is 20.2 Å². The molecule has 16 heavy (non-hydrogen) atoms. The molecule has 0 radical (unpaired) electrons. The molecule has 6 heteroatoms. The molecule has 1 aliphatic rings. The Morgan fingerprint density at radius 1 is 1.75 bits per heavy atom. The van der Waals surface area contributed by atoms with Gasteiger partial charge in [0.1, 0.15) is 0 Å². The first-order chi connectivity index (χ1) is 7.54.